The number of amides is 3. The summed E-state index contributed by atoms with van der Waals surface area (Å²) in [6, 6.07) is 3.58. The SMILES string of the molecule is CCN(CC)c1ccc(NC(=O)N2CCN(C(=O)OC(C)(C)C)CC2)cn1. The standard InChI is InChI=1S/C19H31N5O3/c1-6-22(7-2)16-9-8-15(14-20-16)21-17(25)23-10-12-24(13-11-23)18(26)27-19(3,4)5/h8-9,14H,6-7,10-13H2,1-5H3,(H,21,25). The number of carbonyl (C=O) groups is 2. The molecule has 2 rings (SSSR count). The van der Waals surface area contributed by atoms with Crippen molar-refractivity contribution in [3.05, 3.63) is 18.3 Å². The molecule has 0 atom stereocenters. The lowest BCUT2D eigenvalue weighted by Crippen LogP contribution is -2.52. The largest absolute Gasteiger partial charge is 0.444 e. The third-order valence-electron chi connectivity index (χ3n) is 4.31. The minimum absolute atomic E-state index is 0.184. The fourth-order valence-electron chi connectivity index (χ4n) is 2.82. The van der Waals surface area contributed by atoms with Crippen molar-refractivity contribution >= 4 is 23.6 Å². The van der Waals surface area contributed by atoms with Crippen LogP contribution in [0.2, 0.25) is 0 Å². The summed E-state index contributed by atoms with van der Waals surface area (Å²) in [6.07, 6.45) is 1.33. The molecule has 3 amide bonds. The number of hydrogen-bond donors (Lipinski definition) is 1. The first-order valence-corrected chi connectivity index (χ1v) is 9.48. The highest BCUT2D eigenvalue weighted by molar-refractivity contribution is 5.89. The predicted molar refractivity (Wildman–Crippen MR) is 106 cm³/mol. The zero-order valence-corrected chi connectivity index (χ0v) is 17.0. The van der Waals surface area contributed by atoms with Crippen LogP contribution in [0.1, 0.15) is 34.6 Å². The summed E-state index contributed by atoms with van der Waals surface area (Å²) in [5.74, 6) is 0.893. The molecular formula is C19H31N5O3. The fraction of sp³-hybridized carbons (Fsp3) is 0.632. The lowest BCUT2D eigenvalue weighted by molar-refractivity contribution is 0.0174. The highest BCUT2D eigenvalue weighted by Crippen LogP contribution is 2.15. The number of pyridine rings is 1. The van der Waals surface area contributed by atoms with Crippen LogP contribution in [-0.4, -0.2) is 71.8 Å². The second kappa shape index (κ2) is 8.92. The Morgan fingerprint density at radius 2 is 1.70 bits per heavy atom. The number of piperazine rings is 1. The van der Waals surface area contributed by atoms with E-state index in [1.165, 1.54) is 0 Å². The summed E-state index contributed by atoms with van der Waals surface area (Å²) in [5.41, 5.74) is 0.140. The van der Waals surface area contributed by atoms with Crippen LogP contribution < -0.4 is 10.2 Å². The van der Waals surface area contributed by atoms with Gasteiger partial charge < -0.3 is 24.8 Å². The van der Waals surface area contributed by atoms with Crippen molar-refractivity contribution in [1.29, 1.82) is 0 Å². The summed E-state index contributed by atoms with van der Waals surface area (Å²) in [5, 5.41) is 2.87. The Balaban J connectivity index is 1.85. The summed E-state index contributed by atoms with van der Waals surface area (Å²) < 4.78 is 5.37. The number of hydrogen-bond acceptors (Lipinski definition) is 5. The molecule has 2 heterocycles. The van der Waals surface area contributed by atoms with Gasteiger partial charge in [0.2, 0.25) is 0 Å². The molecule has 1 N–H and O–H groups in total. The van der Waals surface area contributed by atoms with Crippen molar-refractivity contribution in [3.63, 3.8) is 0 Å². The molecule has 0 aromatic carbocycles. The van der Waals surface area contributed by atoms with Gasteiger partial charge in [0.05, 0.1) is 11.9 Å². The third kappa shape index (κ3) is 6.01. The smallest absolute Gasteiger partial charge is 0.410 e. The van der Waals surface area contributed by atoms with Crippen LogP contribution in [0.25, 0.3) is 0 Å². The first kappa shape index (κ1) is 20.8. The number of anilines is 2. The van der Waals surface area contributed by atoms with Gasteiger partial charge in [-0.25, -0.2) is 14.6 Å². The number of nitrogens with one attached hydrogen (secondary N) is 1. The molecule has 27 heavy (non-hydrogen) atoms. The molecule has 8 nitrogen and oxygen atoms in total. The molecule has 1 aliphatic heterocycles. The van der Waals surface area contributed by atoms with Gasteiger partial charge in [0.15, 0.2) is 0 Å². The first-order valence-electron chi connectivity index (χ1n) is 9.48. The van der Waals surface area contributed by atoms with E-state index in [0.717, 1.165) is 18.9 Å². The van der Waals surface area contributed by atoms with Gasteiger partial charge in [-0.05, 0) is 46.8 Å². The van der Waals surface area contributed by atoms with Crippen LogP contribution in [0.3, 0.4) is 0 Å². The number of aromatic nitrogens is 1. The number of rotatable bonds is 4. The first-order chi connectivity index (χ1) is 12.7. The maximum Gasteiger partial charge on any atom is 0.410 e. The van der Waals surface area contributed by atoms with Gasteiger partial charge >= 0.3 is 12.1 Å². The maximum absolute atomic E-state index is 12.4. The number of urea groups is 1. The Bertz CT molecular complexity index is 630. The van der Waals surface area contributed by atoms with Crippen molar-refractivity contribution in [2.75, 3.05) is 49.5 Å². The monoisotopic (exact) mass is 377 g/mol. The average Bonchev–Trinajstić information content (AvgIpc) is 2.63. The normalized spacial score (nSPS) is 14.7. The van der Waals surface area contributed by atoms with Crippen molar-refractivity contribution in [3.8, 4) is 0 Å². The van der Waals surface area contributed by atoms with Crippen molar-refractivity contribution in [2.24, 2.45) is 0 Å². The van der Waals surface area contributed by atoms with E-state index in [1.54, 1.807) is 16.0 Å². The van der Waals surface area contributed by atoms with Gasteiger partial charge in [0.25, 0.3) is 0 Å². The highest BCUT2D eigenvalue weighted by Gasteiger charge is 2.27. The highest BCUT2D eigenvalue weighted by atomic mass is 16.6. The molecule has 8 heteroatoms. The maximum atomic E-state index is 12.4. The summed E-state index contributed by atoms with van der Waals surface area (Å²) >= 11 is 0. The van der Waals surface area contributed by atoms with Gasteiger partial charge in [-0.3, -0.25) is 0 Å². The van der Waals surface area contributed by atoms with Gasteiger partial charge in [0.1, 0.15) is 11.4 Å². The van der Waals surface area contributed by atoms with Crippen LogP contribution in [0, 0.1) is 0 Å². The average molecular weight is 377 g/mol. The minimum atomic E-state index is -0.518. The molecule has 1 aromatic heterocycles. The summed E-state index contributed by atoms with van der Waals surface area (Å²) in [7, 11) is 0. The molecule has 0 bridgehead atoms. The van der Waals surface area contributed by atoms with E-state index in [4.69, 9.17) is 4.74 Å². The minimum Gasteiger partial charge on any atom is -0.444 e. The van der Waals surface area contributed by atoms with Crippen LogP contribution in [-0.2, 0) is 4.74 Å². The molecule has 0 aliphatic carbocycles. The van der Waals surface area contributed by atoms with Gasteiger partial charge in [-0.15, -0.1) is 0 Å². The molecule has 0 unspecified atom stereocenters. The van der Waals surface area contributed by atoms with Crippen LogP contribution in [0.4, 0.5) is 21.1 Å². The molecule has 1 saturated heterocycles. The van der Waals surface area contributed by atoms with Gasteiger partial charge in [-0.2, -0.15) is 0 Å². The number of nitrogens with zero attached hydrogens (tertiary/aromatic N) is 4. The topological polar surface area (TPSA) is 78.0 Å². The molecule has 0 saturated carbocycles. The van der Waals surface area contributed by atoms with Crippen molar-refractivity contribution in [1.82, 2.24) is 14.8 Å². The van der Waals surface area contributed by atoms with E-state index in [-0.39, 0.29) is 12.1 Å². The lowest BCUT2D eigenvalue weighted by atomic mass is 10.2. The van der Waals surface area contributed by atoms with Gasteiger partial charge in [0, 0.05) is 39.3 Å². The lowest BCUT2D eigenvalue weighted by Gasteiger charge is -2.35. The van der Waals surface area contributed by atoms with Crippen LogP contribution in [0.5, 0.6) is 0 Å². The second-order valence-corrected chi connectivity index (χ2v) is 7.46. The van der Waals surface area contributed by atoms with Crippen molar-refractivity contribution < 1.29 is 14.3 Å². The Kier molecular flexibility index (Phi) is 6.87. The van der Waals surface area contributed by atoms with E-state index in [9.17, 15) is 9.59 Å². The summed E-state index contributed by atoms with van der Waals surface area (Å²) in [6.45, 7) is 13.3. The van der Waals surface area contributed by atoms with Crippen molar-refractivity contribution in [2.45, 2.75) is 40.2 Å². The predicted octanol–water partition coefficient (Wildman–Crippen LogP) is 3.01. The molecule has 0 radical (unpaired) electrons. The molecule has 0 spiro atoms. The zero-order valence-electron chi connectivity index (χ0n) is 17.0. The Labute approximate surface area is 161 Å². The Hall–Kier alpha value is -2.51. The molecular weight excluding hydrogens is 346 g/mol. The van der Waals surface area contributed by atoms with Crippen LogP contribution >= 0.6 is 0 Å². The Morgan fingerprint density at radius 3 is 2.19 bits per heavy atom. The zero-order chi connectivity index (χ0) is 20.0. The van der Waals surface area contributed by atoms with E-state index in [1.807, 2.05) is 32.9 Å². The molecule has 150 valence electrons. The molecule has 1 aromatic rings. The molecule has 1 aliphatic rings. The fourth-order valence-corrected chi connectivity index (χ4v) is 2.82. The van der Waals surface area contributed by atoms with E-state index < -0.39 is 5.60 Å². The van der Waals surface area contributed by atoms with Gasteiger partial charge in [-0.1, -0.05) is 0 Å². The number of carbonyl (C=O) groups excluding carboxylic acids is 2. The third-order valence-corrected chi connectivity index (χ3v) is 4.31. The summed E-state index contributed by atoms with van der Waals surface area (Å²) in [4.78, 5) is 34.4. The van der Waals surface area contributed by atoms with E-state index >= 15 is 0 Å². The van der Waals surface area contributed by atoms with E-state index in [2.05, 4.69) is 29.0 Å². The quantitative estimate of drug-likeness (QED) is 0.873. The second-order valence-electron chi connectivity index (χ2n) is 7.46. The number of ether oxygens (including phenoxy) is 1. The Morgan fingerprint density at radius 1 is 1.11 bits per heavy atom. The van der Waals surface area contributed by atoms with E-state index in [0.29, 0.717) is 31.9 Å². The van der Waals surface area contributed by atoms with Crippen LogP contribution in [0.15, 0.2) is 18.3 Å². The molecule has 1 fully saturated rings.